The molecule has 0 fully saturated rings. The molecule has 7 nitrogen and oxygen atoms in total. The number of pyridine rings is 1. The minimum atomic E-state index is -0.282. The van der Waals surface area contributed by atoms with Crippen molar-refractivity contribution in [2.24, 2.45) is 0 Å². The van der Waals surface area contributed by atoms with Crippen LogP contribution in [0.4, 0.5) is 5.82 Å². The molecular formula is C15H14N4O3. The number of carbonyl (C=O) groups is 1. The van der Waals surface area contributed by atoms with Gasteiger partial charge in [0.15, 0.2) is 17.1 Å². The Morgan fingerprint density at radius 1 is 1.18 bits per heavy atom. The number of fused-ring (bicyclic) bond motifs is 1. The number of methoxy groups -OCH3 is 2. The van der Waals surface area contributed by atoms with Gasteiger partial charge in [-0.05, 0) is 30.3 Å². The Balaban J connectivity index is 1.88. The van der Waals surface area contributed by atoms with Crippen molar-refractivity contribution in [1.29, 1.82) is 0 Å². The first-order valence-corrected chi connectivity index (χ1v) is 6.55. The Labute approximate surface area is 126 Å². The zero-order valence-electron chi connectivity index (χ0n) is 12.1. The van der Waals surface area contributed by atoms with Gasteiger partial charge in [0.25, 0.3) is 5.91 Å². The molecule has 0 spiro atoms. The Morgan fingerprint density at radius 3 is 2.77 bits per heavy atom. The molecule has 0 aliphatic rings. The Bertz CT molecular complexity index is 829. The summed E-state index contributed by atoms with van der Waals surface area (Å²) in [6.45, 7) is 0. The number of H-pyrrole nitrogens is 1. The average molecular weight is 298 g/mol. The largest absolute Gasteiger partial charge is 0.493 e. The van der Waals surface area contributed by atoms with E-state index in [9.17, 15) is 4.79 Å². The van der Waals surface area contributed by atoms with Crippen LogP contribution in [-0.4, -0.2) is 35.3 Å². The predicted molar refractivity (Wildman–Crippen MR) is 81.4 cm³/mol. The summed E-state index contributed by atoms with van der Waals surface area (Å²) in [5, 5.41) is 10.3. The summed E-state index contributed by atoms with van der Waals surface area (Å²) >= 11 is 0. The van der Waals surface area contributed by atoms with Gasteiger partial charge in [0.1, 0.15) is 5.82 Å². The molecule has 1 amide bonds. The molecule has 0 bridgehead atoms. The summed E-state index contributed by atoms with van der Waals surface area (Å²) in [5.41, 5.74) is 0.995. The van der Waals surface area contributed by atoms with Gasteiger partial charge in [0, 0.05) is 11.8 Å². The topological polar surface area (TPSA) is 89.1 Å². The van der Waals surface area contributed by atoms with Crippen molar-refractivity contribution in [2.75, 3.05) is 19.5 Å². The lowest BCUT2D eigenvalue weighted by Gasteiger charge is -2.09. The molecule has 0 saturated heterocycles. The van der Waals surface area contributed by atoms with E-state index in [1.54, 1.807) is 37.6 Å². The SMILES string of the molecule is COc1ccc(C(=O)Nc2[nH]nc3ncccc23)cc1OC. The van der Waals surface area contributed by atoms with Crippen LogP contribution in [0, 0.1) is 0 Å². The first-order chi connectivity index (χ1) is 10.7. The minimum Gasteiger partial charge on any atom is -0.493 e. The van der Waals surface area contributed by atoms with Gasteiger partial charge >= 0.3 is 0 Å². The number of nitrogens with one attached hydrogen (secondary N) is 2. The predicted octanol–water partition coefficient (Wildman–Crippen LogP) is 2.23. The second-order valence-electron chi connectivity index (χ2n) is 4.50. The molecule has 2 heterocycles. The van der Waals surface area contributed by atoms with Crippen molar-refractivity contribution >= 4 is 22.8 Å². The third kappa shape index (κ3) is 2.44. The molecule has 0 unspecified atom stereocenters. The number of hydrogen-bond donors (Lipinski definition) is 2. The number of benzene rings is 1. The van der Waals surface area contributed by atoms with Crippen LogP contribution in [0.2, 0.25) is 0 Å². The fourth-order valence-electron chi connectivity index (χ4n) is 2.11. The zero-order valence-corrected chi connectivity index (χ0v) is 12.1. The van der Waals surface area contributed by atoms with Crippen molar-refractivity contribution in [3.05, 3.63) is 42.1 Å². The van der Waals surface area contributed by atoms with Crippen LogP contribution in [0.1, 0.15) is 10.4 Å². The Hall–Kier alpha value is -3.09. The van der Waals surface area contributed by atoms with Crippen LogP contribution < -0.4 is 14.8 Å². The van der Waals surface area contributed by atoms with Crippen LogP contribution >= 0.6 is 0 Å². The fourth-order valence-corrected chi connectivity index (χ4v) is 2.11. The third-order valence-corrected chi connectivity index (χ3v) is 3.21. The molecule has 1 aromatic carbocycles. The Kier molecular flexibility index (Phi) is 3.61. The van der Waals surface area contributed by atoms with Crippen molar-refractivity contribution in [3.8, 4) is 11.5 Å². The monoisotopic (exact) mass is 298 g/mol. The van der Waals surface area contributed by atoms with Gasteiger partial charge in [-0.15, -0.1) is 0 Å². The van der Waals surface area contributed by atoms with E-state index in [4.69, 9.17) is 9.47 Å². The van der Waals surface area contributed by atoms with Gasteiger partial charge in [-0.25, -0.2) is 4.98 Å². The van der Waals surface area contributed by atoms with E-state index in [0.717, 1.165) is 5.39 Å². The number of aromatic amines is 1. The van der Waals surface area contributed by atoms with Gasteiger partial charge in [0.05, 0.1) is 19.6 Å². The van der Waals surface area contributed by atoms with Gasteiger partial charge in [-0.1, -0.05) is 0 Å². The quantitative estimate of drug-likeness (QED) is 0.771. The van der Waals surface area contributed by atoms with Gasteiger partial charge < -0.3 is 14.8 Å². The summed E-state index contributed by atoms with van der Waals surface area (Å²) in [7, 11) is 3.06. The number of nitrogens with zero attached hydrogens (tertiary/aromatic N) is 2. The molecule has 2 aromatic heterocycles. The van der Waals surface area contributed by atoms with Crippen molar-refractivity contribution in [3.63, 3.8) is 0 Å². The average Bonchev–Trinajstić information content (AvgIpc) is 2.97. The highest BCUT2D eigenvalue weighted by molar-refractivity contribution is 6.07. The molecule has 3 aromatic rings. The number of amides is 1. The lowest BCUT2D eigenvalue weighted by molar-refractivity contribution is 0.102. The van der Waals surface area contributed by atoms with E-state index >= 15 is 0 Å². The van der Waals surface area contributed by atoms with E-state index < -0.39 is 0 Å². The second-order valence-corrected chi connectivity index (χ2v) is 4.50. The maximum absolute atomic E-state index is 12.3. The van der Waals surface area contributed by atoms with Crippen LogP contribution in [0.3, 0.4) is 0 Å². The number of aromatic nitrogens is 3. The summed E-state index contributed by atoms with van der Waals surface area (Å²) in [6.07, 6.45) is 1.64. The highest BCUT2D eigenvalue weighted by atomic mass is 16.5. The van der Waals surface area contributed by atoms with Crippen LogP contribution in [-0.2, 0) is 0 Å². The van der Waals surface area contributed by atoms with E-state index in [-0.39, 0.29) is 5.91 Å². The van der Waals surface area contributed by atoms with E-state index in [1.165, 1.54) is 7.11 Å². The minimum absolute atomic E-state index is 0.282. The number of hydrogen-bond acceptors (Lipinski definition) is 5. The van der Waals surface area contributed by atoms with E-state index in [2.05, 4.69) is 20.5 Å². The highest BCUT2D eigenvalue weighted by Gasteiger charge is 2.13. The van der Waals surface area contributed by atoms with Crippen LogP contribution in [0.15, 0.2) is 36.5 Å². The highest BCUT2D eigenvalue weighted by Crippen LogP contribution is 2.28. The number of anilines is 1. The molecule has 3 rings (SSSR count). The fraction of sp³-hybridized carbons (Fsp3) is 0.133. The van der Waals surface area contributed by atoms with Gasteiger partial charge in [-0.3, -0.25) is 9.89 Å². The lowest BCUT2D eigenvalue weighted by Crippen LogP contribution is -2.12. The van der Waals surface area contributed by atoms with Crippen molar-refractivity contribution in [2.45, 2.75) is 0 Å². The molecule has 112 valence electrons. The standard InChI is InChI=1S/C15H14N4O3/c1-21-11-6-5-9(8-12(11)22-2)15(20)17-14-10-4-3-7-16-13(10)18-19-14/h3-8H,1-2H3,(H2,16,17,18,19,20). The van der Waals surface area contributed by atoms with Crippen LogP contribution in [0.5, 0.6) is 11.5 Å². The molecule has 0 atom stereocenters. The molecular weight excluding hydrogens is 284 g/mol. The van der Waals surface area contributed by atoms with Crippen LogP contribution in [0.25, 0.3) is 11.0 Å². The maximum Gasteiger partial charge on any atom is 0.256 e. The van der Waals surface area contributed by atoms with Gasteiger partial charge in [0.2, 0.25) is 0 Å². The smallest absolute Gasteiger partial charge is 0.256 e. The summed E-state index contributed by atoms with van der Waals surface area (Å²) in [6, 6.07) is 8.57. The molecule has 22 heavy (non-hydrogen) atoms. The first kappa shape index (κ1) is 13.9. The molecule has 0 aliphatic carbocycles. The van der Waals surface area contributed by atoms with E-state index in [1.807, 2.05) is 6.07 Å². The molecule has 7 heteroatoms. The number of ether oxygens (including phenoxy) is 2. The molecule has 0 aliphatic heterocycles. The zero-order chi connectivity index (χ0) is 15.5. The molecule has 0 radical (unpaired) electrons. The van der Waals surface area contributed by atoms with Gasteiger partial charge in [-0.2, -0.15) is 5.10 Å². The maximum atomic E-state index is 12.3. The normalized spacial score (nSPS) is 10.5. The summed E-state index contributed by atoms with van der Waals surface area (Å²) in [4.78, 5) is 16.4. The first-order valence-electron chi connectivity index (χ1n) is 6.55. The number of rotatable bonds is 4. The second kappa shape index (κ2) is 5.72. The lowest BCUT2D eigenvalue weighted by atomic mass is 10.2. The summed E-state index contributed by atoms with van der Waals surface area (Å²) < 4.78 is 10.4. The van der Waals surface area contributed by atoms with E-state index in [0.29, 0.717) is 28.5 Å². The van der Waals surface area contributed by atoms with Crippen molar-refractivity contribution < 1.29 is 14.3 Å². The number of carbonyl (C=O) groups excluding carboxylic acids is 1. The molecule has 0 saturated carbocycles. The third-order valence-electron chi connectivity index (χ3n) is 3.21. The van der Waals surface area contributed by atoms with Crippen molar-refractivity contribution in [1.82, 2.24) is 15.2 Å². The Morgan fingerprint density at radius 2 is 2.00 bits per heavy atom. The summed E-state index contributed by atoms with van der Waals surface area (Å²) in [5.74, 6) is 1.28. The molecule has 2 N–H and O–H groups in total.